The molecule has 1 atom stereocenters. The van der Waals surface area contributed by atoms with Crippen LogP contribution in [-0.4, -0.2) is 23.0 Å². The molecule has 0 aromatic carbocycles. The average Bonchev–Trinajstić information content (AvgIpc) is 2.80. The molecule has 6 heteroatoms. The molecule has 0 bridgehead atoms. The first kappa shape index (κ1) is 16.9. The molecule has 4 nitrogen and oxygen atoms in total. The van der Waals surface area contributed by atoms with Gasteiger partial charge >= 0.3 is 5.97 Å². The summed E-state index contributed by atoms with van der Waals surface area (Å²) in [6.07, 6.45) is 5.72. The van der Waals surface area contributed by atoms with Gasteiger partial charge in [0.2, 0.25) is 5.91 Å². The Kier molecular flexibility index (Phi) is 7.54. The Balaban J connectivity index is 2.32. The second-order valence-corrected chi connectivity index (χ2v) is 6.87. The lowest BCUT2D eigenvalue weighted by molar-refractivity contribution is -0.141. The number of carboxylic acid groups (broad SMARTS) is 1. The van der Waals surface area contributed by atoms with Gasteiger partial charge in [-0.25, -0.2) is 4.79 Å². The van der Waals surface area contributed by atoms with Gasteiger partial charge in [0.1, 0.15) is 6.04 Å². The van der Waals surface area contributed by atoms with E-state index >= 15 is 0 Å². The van der Waals surface area contributed by atoms with Gasteiger partial charge in [-0.1, -0.05) is 12.2 Å². The van der Waals surface area contributed by atoms with Crippen LogP contribution in [0.1, 0.15) is 31.1 Å². The summed E-state index contributed by atoms with van der Waals surface area (Å²) in [5.74, 6) is -1.21. The number of rotatable bonds is 8. The van der Waals surface area contributed by atoms with Gasteiger partial charge in [-0.2, -0.15) is 0 Å². The number of halogens is 1. The lowest BCUT2D eigenvalue weighted by Gasteiger charge is -2.12. The normalized spacial score (nSPS) is 12.5. The van der Waals surface area contributed by atoms with E-state index in [1.807, 2.05) is 19.1 Å². The highest BCUT2D eigenvalue weighted by atomic mass is 79.9. The summed E-state index contributed by atoms with van der Waals surface area (Å²) >= 11 is 5.04. The topological polar surface area (TPSA) is 66.4 Å². The van der Waals surface area contributed by atoms with E-state index in [0.717, 1.165) is 16.6 Å². The second kappa shape index (κ2) is 8.92. The van der Waals surface area contributed by atoms with E-state index < -0.39 is 12.0 Å². The van der Waals surface area contributed by atoms with E-state index in [9.17, 15) is 9.59 Å². The Morgan fingerprint density at radius 2 is 2.25 bits per heavy atom. The van der Waals surface area contributed by atoms with Gasteiger partial charge in [-0.3, -0.25) is 4.79 Å². The lowest BCUT2D eigenvalue weighted by atomic mass is 10.1. The van der Waals surface area contributed by atoms with Crippen LogP contribution in [0.3, 0.4) is 0 Å². The fraction of sp³-hybridized carbons (Fsp3) is 0.429. The molecule has 0 saturated heterocycles. The van der Waals surface area contributed by atoms with Crippen molar-refractivity contribution >= 4 is 39.1 Å². The van der Waals surface area contributed by atoms with Gasteiger partial charge in [0.05, 0.1) is 3.79 Å². The van der Waals surface area contributed by atoms with E-state index in [4.69, 9.17) is 5.11 Å². The maximum Gasteiger partial charge on any atom is 0.326 e. The third-order valence-corrected chi connectivity index (χ3v) is 4.38. The molecular weight excluding hydrogens is 342 g/mol. The molecular formula is C14H18BrNO3S. The molecule has 20 heavy (non-hydrogen) atoms. The van der Waals surface area contributed by atoms with E-state index in [2.05, 4.69) is 21.2 Å². The summed E-state index contributed by atoms with van der Waals surface area (Å²) in [5.41, 5.74) is 0. The van der Waals surface area contributed by atoms with E-state index in [1.54, 1.807) is 23.5 Å². The molecule has 1 rings (SSSR count). The number of allylic oxidation sites excluding steroid dienone is 1. The number of aliphatic carboxylic acids is 1. The largest absolute Gasteiger partial charge is 0.480 e. The van der Waals surface area contributed by atoms with Crippen molar-refractivity contribution in [3.8, 4) is 0 Å². The lowest BCUT2D eigenvalue weighted by Crippen LogP contribution is -2.40. The van der Waals surface area contributed by atoms with E-state index in [0.29, 0.717) is 12.8 Å². The minimum Gasteiger partial charge on any atom is -0.480 e. The number of carboxylic acids is 1. The molecule has 1 unspecified atom stereocenters. The van der Waals surface area contributed by atoms with Gasteiger partial charge in [-0.05, 0) is 54.2 Å². The molecule has 0 spiro atoms. The van der Waals surface area contributed by atoms with Crippen molar-refractivity contribution in [3.05, 3.63) is 32.9 Å². The third kappa shape index (κ3) is 6.34. The molecule has 1 amide bonds. The summed E-state index contributed by atoms with van der Waals surface area (Å²) in [5, 5.41) is 11.5. The van der Waals surface area contributed by atoms with Crippen molar-refractivity contribution in [2.45, 2.75) is 38.6 Å². The molecule has 0 saturated carbocycles. The second-order valence-electron chi connectivity index (χ2n) is 4.32. The first-order valence-electron chi connectivity index (χ1n) is 6.40. The van der Waals surface area contributed by atoms with Crippen LogP contribution in [0.5, 0.6) is 0 Å². The van der Waals surface area contributed by atoms with Crippen molar-refractivity contribution in [3.63, 3.8) is 0 Å². The van der Waals surface area contributed by atoms with Crippen LogP contribution in [0.25, 0.3) is 0 Å². The summed E-state index contributed by atoms with van der Waals surface area (Å²) < 4.78 is 1.08. The van der Waals surface area contributed by atoms with Gasteiger partial charge in [-0.15, -0.1) is 11.3 Å². The smallest absolute Gasteiger partial charge is 0.326 e. The standard InChI is InChI=1S/C14H18BrNO3S/c1-2-3-6-11(14(18)19)16-13(17)7-4-5-10-8-9-12(15)20-10/h2-3,8-9,11H,4-7H2,1H3,(H,16,17)(H,18,19)/b3-2+. The molecule has 1 heterocycles. The summed E-state index contributed by atoms with van der Waals surface area (Å²) in [7, 11) is 0. The minimum atomic E-state index is -1.00. The van der Waals surface area contributed by atoms with Crippen LogP contribution < -0.4 is 5.32 Å². The van der Waals surface area contributed by atoms with Crippen molar-refractivity contribution in [2.75, 3.05) is 0 Å². The maximum absolute atomic E-state index is 11.7. The van der Waals surface area contributed by atoms with Crippen LogP contribution in [0.4, 0.5) is 0 Å². The zero-order chi connectivity index (χ0) is 15.0. The number of nitrogens with one attached hydrogen (secondary N) is 1. The van der Waals surface area contributed by atoms with Crippen LogP contribution in [0.2, 0.25) is 0 Å². The van der Waals surface area contributed by atoms with Gasteiger partial charge < -0.3 is 10.4 Å². The third-order valence-electron chi connectivity index (χ3n) is 2.70. The number of hydrogen-bond acceptors (Lipinski definition) is 3. The highest BCUT2D eigenvalue weighted by molar-refractivity contribution is 9.11. The molecule has 110 valence electrons. The van der Waals surface area contributed by atoms with Crippen molar-refractivity contribution < 1.29 is 14.7 Å². The fourth-order valence-corrected chi connectivity index (χ4v) is 3.19. The van der Waals surface area contributed by atoms with Crippen LogP contribution in [0.15, 0.2) is 28.1 Å². The zero-order valence-electron chi connectivity index (χ0n) is 11.3. The van der Waals surface area contributed by atoms with Crippen molar-refractivity contribution in [1.29, 1.82) is 0 Å². The minimum absolute atomic E-state index is 0.211. The molecule has 1 aromatic rings. The predicted octanol–water partition coefficient (Wildman–Crippen LogP) is 3.37. The van der Waals surface area contributed by atoms with Gasteiger partial charge in [0.15, 0.2) is 0 Å². The number of aryl methyl sites for hydroxylation is 1. The Labute approximate surface area is 131 Å². The molecule has 0 aliphatic heterocycles. The highest BCUT2D eigenvalue weighted by Crippen LogP contribution is 2.23. The summed E-state index contributed by atoms with van der Waals surface area (Å²) in [6, 6.07) is 3.17. The Morgan fingerprint density at radius 3 is 2.80 bits per heavy atom. The van der Waals surface area contributed by atoms with Gasteiger partial charge in [0.25, 0.3) is 0 Å². The Bertz CT molecular complexity index is 485. The van der Waals surface area contributed by atoms with Crippen molar-refractivity contribution in [1.82, 2.24) is 5.32 Å². The fourth-order valence-electron chi connectivity index (χ4n) is 1.67. The van der Waals surface area contributed by atoms with Crippen molar-refractivity contribution in [2.24, 2.45) is 0 Å². The number of thiophene rings is 1. The number of carbonyl (C=O) groups excluding carboxylic acids is 1. The monoisotopic (exact) mass is 359 g/mol. The van der Waals surface area contributed by atoms with E-state index in [1.165, 1.54) is 4.88 Å². The number of amides is 1. The van der Waals surface area contributed by atoms with Crippen LogP contribution in [-0.2, 0) is 16.0 Å². The van der Waals surface area contributed by atoms with Crippen LogP contribution >= 0.6 is 27.3 Å². The Morgan fingerprint density at radius 1 is 1.50 bits per heavy atom. The number of carbonyl (C=O) groups is 2. The average molecular weight is 360 g/mol. The maximum atomic E-state index is 11.7. The SMILES string of the molecule is C/C=C/CC(NC(=O)CCCc1ccc(Br)s1)C(=O)O. The first-order valence-corrected chi connectivity index (χ1v) is 8.01. The quantitative estimate of drug-likeness (QED) is 0.699. The molecule has 2 N–H and O–H groups in total. The highest BCUT2D eigenvalue weighted by Gasteiger charge is 2.17. The number of hydrogen-bond donors (Lipinski definition) is 2. The predicted molar refractivity (Wildman–Crippen MR) is 84.0 cm³/mol. The molecule has 0 aliphatic carbocycles. The molecule has 1 aromatic heterocycles. The van der Waals surface area contributed by atoms with E-state index in [-0.39, 0.29) is 5.91 Å². The van der Waals surface area contributed by atoms with Gasteiger partial charge in [0, 0.05) is 11.3 Å². The summed E-state index contributed by atoms with van der Waals surface area (Å²) in [4.78, 5) is 23.9. The Hall–Kier alpha value is -1.14. The first-order chi connectivity index (χ1) is 9.52. The summed E-state index contributed by atoms with van der Waals surface area (Å²) in [6.45, 7) is 1.82. The molecule has 0 fully saturated rings. The zero-order valence-corrected chi connectivity index (χ0v) is 13.7. The van der Waals surface area contributed by atoms with Crippen LogP contribution in [0, 0.1) is 0 Å². The molecule has 0 aliphatic rings. The molecule has 0 radical (unpaired) electrons.